The molecule has 3 nitrogen and oxygen atoms in total. The Morgan fingerprint density at radius 1 is 0.593 bits per heavy atom. The van der Waals surface area contributed by atoms with Crippen LogP contribution in [0.5, 0.6) is 0 Å². The first-order valence-corrected chi connectivity index (χ1v) is 8.76. The highest BCUT2D eigenvalue weighted by Gasteiger charge is 2.31. The normalized spacial score (nSPS) is 19.6. The number of carbonyl (C=O) groups excluding carboxylic acids is 1. The number of hydrogen-bond donors (Lipinski definition) is 0. The molecular weight excluding hydrogens is 336 g/mol. The molecule has 0 amide bonds. The van der Waals surface area contributed by atoms with Gasteiger partial charge in [0.05, 0.1) is 0 Å². The van der Waals surface area contributed by atoms with Crippen molar-refractivity contribution < 1.29 is 14.3 Å². The number of ketones is 1. The van der Waals surface area contributed by atoms with Crippen LogP contribution in [0.1, 0.15) is 23.0 Å². The Kier molecular flexibility index (Phi) is 4.84. The molecule has 3 heteroatoms. The topological polar surface area (TPSA) is 35.5 Å². The molecule has 1 aliphatic rings. The van der Waals surface area contributed by atoms with Crippen molar-refractivity contribution in [1.29, 1.82) is 0 Å². The summed E-state index contributed by atoms with van der Waals surface area (Å²) in [6.07, 6.45) is 2.83. The highest BCUT2D eigenvalue weighted by molar-refractivity contribution is 6.11. The van der Waals surface area contributed by atoms with Crippen LogP contribution in [0.25, 0.3) is 12.2 Å². The van der Waals surface area contributed by atoms with Gasteiger partial charge in [-0.3, -0.25) is 4.79 Å². The number of carbonyl (C=O) groups is 1. The number of rotatable bonds is 3. The first kappa shape index (κ1) is 16.9. The fourth-order valence-corrected chi connectivity index (χ4v) is 2.83. The molecule has 1 aliphatic heterocycles. The van der Waals surface area contributed by atoms with Gasteiger partial charge in [-0.25, -0.2) is 0 Å². The molecule has 4 rings (SSSR count). The molecule has 0 aromatic heterocycles. The van der Waals surface area contributed by atoms with E-state index in [9.17, 15) is 4.79 Å². The van der Waals surface area contributed by atoms with Crippen LogP contribution in [-0.2, 0) is 14.3 Å². The molecule has 0 saturated carbocycles. The van der Waals surface area contributed by atoms with E-state index in [-0.39, 0.29) is 17.3 Å². The summed E-state index contributed by atoms with van der Waals surface area (Å²) in [4.78, 5) is 12.9. The van der Waals surface area contributed by atoms with Gasteiger partial charge in [0, 0.05) is 5.56 Å². The Hall–Kier alpha value is -3.59. The first-order valence-electron chi connectivity index (χ1n) is 8.76. The molecule has 0 spiro atoms. The largest absolute Gasteiger partial charge is 0.446 e. The monoisotopic (exact) mass is 354 g/mol. The lowest BCUT2D eigenvalue weighted by molar-refractivity contribution is -0.149. The van der Waals surface area contributed by atoms with E-state index in [0.717, 1.165) is 16.7 Å². The van der Waals surface area contributed by atoms with Crippen LogP contribution < -0.4 is 0 Å². The summed E-state index contributed by atoms with van der Waals surface area (Å²) >= 11 is 0. The predicted octanol–water partition coefficient (Wildman–Crippen LogP) is 5.38. The van der Waals surface area contributed by atoms with Gasteiger partial charge in [-0.05, 0) is 23.3 Å². The van der Waals surface area contributed by atoms with Crippen LogP contribution in [0.2, 0.25) is 0 Å². The lowest BCUT2D eigenvalue weighted by Crippen LogP contribution is -2.23. The summed E-state index contributed by atoms with van der Waals surface area (Å²) in [6, 6.07) is 28.9. The van der Waals surface area contributed by atoms with Crippen LogP contribution in [0, 0.1) is 0 Å². The maximum absolute atomic E-state index is 12.9. The standard InChI is InChI=1S/C24H18O3/c25-23-21(16-18-10-4-1-5-11-18)26-24(20-14-8-3-9-15-20)27-22(23)17-19-12-6-2-7-13-19/h1-17,24H. The maximum atomic E-state index is 12.9. The van der Waals surface area contributed by atoms with E-state index in [1.165, 1.54) is 0 Å². The lowest BCUT2D eigenvalue weighted by Gasteiger charge is -2.28. The predicted molar refractivity (Wildman–Crippen MR) is 105 cm³/mol. The van der Waals surface area contributed by atoms with Gasteiger partial charge in [0.2, 0.25) is 0 Å². The Morgan fingerprint density at radius 3 is 1.44 bits per heavy atom. The highest BCUT2D eigenvalue weighted by Crippen LogP contribution is 2.33. The second kappa shape index (κ2) is 7.75. The van der Waals surface area contributed by atoms with Crippen LogP contribution in [-0.4, -0.2) is 5.78 Å². The van der Waals surface area contributed by atoms with Crippen molar-refractivity contribution in [3.8, 4) is 0 Å². The smallest absolute Gasteiger partial charge is 0.267 e. The fourth-order valence-electron chi connectivity index (χ4n) is 2.83. The average molecular weight is 354 g/mol. The molecule has 0 atom stereocenters. The minimum absolute atomic E-state index is 0.267. The summed E-state index contributed by atoms with van der Waals surface area (Å²) < 4.78 is 11.8. The quantitative estimate of drug-likeness (QED) is 0.592. The van der Waals surface area contributed by atoms with Crippen molar-refractivity contribution in [2.24, 2.45) is 0 Å². The van der Waals surface area contributed by atoms with Gasteiger partial charge in [0.1, 0.15) is 0 Å². The highest BCUT2D eigenvalue weighted by atomic mass is 16.7. The summed E-state index contributed by atoms with van der Waals surface area (Å²) in [6.45, 7) is 0. The third-order valence-electron chi connectivity index (χ3n) is 4.18. The molecule has 3 aromatic rings. The van der Waals surface area contributed by atoms with Gasteiger partial charge >= 0.3 is 0 Å². The summed E-state index contributed by atoms with van der Waals surface area (Å²) in [5.74, 6) is 0.266. The summed E-state index contributed by atoms with van der Waals surface area (Å²) in [5, 5.41) is 0. The third-order valence-corrected chi connectivity index (χ3v) is 4.18. The first-order chi connectivity index (χ1) is 13.3. The van der Waals surface area contributed by atoms with Gasteiger partial charge in [-0.2, -0.15) is 0 Å². The minimum atomic E-state index is -0.672. The van der Waals surface area contributed by atoms with Crippen molar-refractivity contribution in [1.82, 2.24) is 0 Å². The Labute approximate surface area is 158 Å². The molecule has 3 aromatic carbocycles. The Bertz CT molecular complexity index is 912. The molecule has 0 radical (unpaired) electrons. The molecular formula is C24H18O3. The van der Waals surface area contributed by atoms with Crippen molar-refractivity contribution in [2.45, 2.75) is 6.29 Å². The van der Waals surface area contributed by atoms with E-state index in [1.807, 2.05) is 91.0 Å². The zero-order valence-electron chi connectivity index (χ0n) is 14.6. The summed E-state index contributed by atoms with van der Waals surface area (Å²) in [7, 11) is 0. The Balaban J connectivity index is 1.74. The number of Topliss-reactive ketones (excluding diaryl/α,β-unsaturated/α-hetero) is 1. The van der Waals surface area contributed by atoms with Gasteiger partial charge in [-0.1, -0.05) is 91.0 Å². The Morgan fingerprint density at radius 2 is 1.00 bits per heavy atom. The number of hydrogen-bond acceptors (Lipinski definition) is 3. The van der Waals surface area contributed by atoms with Crippen molar-refractivity contribution in [2.75, 3.05) is 0 Å². The lowest BCUT2D eigenvalue weighted by atomic mass is 10.1. The van der Waals surface area contributed by atoms with Crippen LogP contribution in [0.3, 0.4) is 0 Å². The van der Waals surface area contributed by atoms with E-state index in [1.54, 1.807) is 12.2 Å². The second-order valence-electron chi connectivity index (χ2n) is 6.15. The average Bonchev–Trinajstić information content (AvgIpc) is 2.73. The number of ether oxygens (including phenoxy) is 2. The fraction of sp³-hybridized carbons (Fsp3) is 0.0417. The SMILES string of the molecule is O=C1C(=Cc2ccccc2)OC(c2ccccc2)OC1=Cc1ccccc1. The molecule has 132 valence electrons. The van der Waals surface area contributed by atoms with Crippen molar-refractivity contribution >= 4 is 17.9 Å². The van der Waals surface area contributed by atoms with Gasteiger partial charge in [0.15, 0.2) is 11.5 Å². The molecule has 27 heavy (non-hydrogen) atoms. The van der Waals surface area contributed by atoms with E-state index in [0.29, 0.717) is 0 Å². The molecule has 0 bridgehead atoms. The molecule has 0 aliphatic carbocycles. The molecule has 1 fully saturated rings. The van der Waals surface area contributed by atoms with Gasteiger partial charge in [0.25, 0.3) is 12.1 Å². The number of benzene rings is 3. The van der Waals surface area contributed by atoms with E-state index >= 15 is 0 Å². The van der Waals surface area contributed by atoms with Gasteiger partial charge < -0.3 is 9.47 Å². The third kappa shape index (κ3) is 3.98. The zero-order valence-corrected chi connectivity index (χ0v) is 14.6. The molecule has 1 heterocycles. The zero-order chi connectivity index (χ0) is 18.5. The van der Waals surface area contributed by atoms with E-state index < -0.39 is 6.29 Å². The summed E-state index contributed by atoms with van der Waals surface area (Å²) in [5.41, 5.74) is 2.64. The van der Waals surface area contributed by atoms with Crippen LogP contribution in [0.4, 0.5) is 0 Å². The van der Waals surface area contributed by atoms with Crippen LogP contribution >= 0.6 is 0 Å². The minimum Gasteiger partial charge on any atom is -0.446 e. The van der Waals surface area contributed by atoms with Crippen LogP contribution in [0.15, 0.2) is 103 Å². The molecule has 0 N–H and O–H groups in total. The second-order valence-corrected chi connectivity index (χ2v) is 6.15. The maximum Gasteiger partial charge on any atom is 0.267 e. The molecule has 1 saturated heterocycles. The van der Waals surface area contributed by atoms with E-state index in [4.69, 9.17) is 9.47 Å². The van der Waals surface area contributed by atoms with E-state index in [2.05, 4.69) is 0 Å². The van der Waals surface area contributed by atoms with Crippen molar-refractivity contribution in [3.05, 3.63) is 119 Å². The van der Waals surface area contributed by atoms with Gasteiger partial charge in [-0.15, -0.1) is 0 Å². The van der Waals surface area contributed by atoms with Crippen molar-refractivity contribution in [3.63, 3.8) is 0 Å². The molecule has 0 unspecified atom stereocenters.